The Labute approximate surface area is 141 Å². The van der Waals surface area contributed by atoms with Gasteiger partial charge in [-0.25, -0.2) is 9.59 Å². The summed E-state index contributed by atoms with van der Waals surface area (Å²) in [5.74, 6) is -0.978. The van der Waals surface area contributed by atoms with Crippen molar-refractivity contribution in [2.45, 2.75) is 26.7 Å². The zero-order chi connectivity index (χ0) is 17.1. The molecule has 0 N–H and O–H groups in total. The predicted octanol–water partition coefficient (Wildman–Crippen LogP) is 3.81. The van der Waals surface area contributed by atoms with Gasteiger partial charge in [0.15, 0.2) is 0 Å². The van der Waals surface area contributed by atoms with Crippen LogP contribution in [0.4, 0.5) is 0 Å². The zero-order valence-electron chi connectivity index (χ0n) is 13.9. The lowest BCUT2D eigenvalue weighted by Gasteiger charge is -2.22. The number of esters is 2. The third-order valence-corrected chi connectivity index (χ3v) is 4.21. The second-order valence-corrected chi connectivity index (χ2v) is 5.65. The minimum Gasteiger partial charge on any atom is -0.462 e. The van der Waals surface area contributed by atoms with E-state index in [4.69, 9.17) is 9.47 Å². The van der Waals surface area contributed by atoms with Crippen LogP contribution in [0.1, 0.15) is 45.7 Å². The van der Waals surface area contributed by atoms with E-state index in [1.54, 1.807) is 26.0 Å². The Morgan fingerprint density at radius 1 is 0.833 bits per heavy atom. The fourth-order valence-corrected chi connectivity index (χ4v) is 3.13. The molecule has 0 radical (unpaired) electrons. The Morgan fingerprint density at radius 2 is 1.42 bits per heavy atom. The summed E-state index contributed by atoms with van der Waals surface area (Å²) >= 11 is 0. The van der Waals surface area contributed by atoms with Crippen molar-refractivity contribution >= 4 is 11.9 Å². The zero-order valence-corrected chi connectivity index (χ0v) is 13.9. The van der Waals surface area contributed by atoms with Gasteiger partial charge in [0, 0.05) is 0 Å². The first-order valence-corrected chi connectivity index (χ1v) is 8.25. The highest BCUT2D eigenvalue weighted by molar-refractivity contribution is 6.04. The quantitative estimate of drug-likeness (QED) is 0.803. The van der Waals surface area contributed by atoms with Gasteiger partial charge in [0.05, 0.1) is 24.3 Å². The first kappa shape index (κ1) is 16.2. The Balaban J connectivity index is 2.16. The van der Waals surface area contributed by atoms with Gasteiger partial charge in [-0.15, -0.1) is 0 Å². The number of benzene rings is 2. The van der Waals surface area contributed by atoms with Crippen molar-refractivity contribution in [3.05, 3.63) is 58.7 Å². The fourth-order valence-electron chi connectivity index (χ4n) is 3.13. The molecular formula is C20H20O4. The molecule has 2 aromatic carbocycles. The van der Waals surface area contributed by atoms with Gasteiger partial charge in [-0.3, -0.25) is 0 Å². The molecule has 0 aliphatic heterocycles. The topological polar surface area (TPSA) is 52.6 Å². The lowest BCUT2D eigenvalue weighted by atomic mass is 9.83. The van der Waals surface area contributed by atoms with Crippen LogP contribution in [0.5, 0.6) is 0 Å². The minimum absolute atomic E-state index is 0.259. The molecule has 0 spiro atoms. The minimum atomic E-state index is -0.494. The third-order valence-electron chi connectivity index (χ3n) is 4.21. The molecule has 0 unspecified atom stereocenters. The van der Waals surface area contributed by atoms with E-state index in [9.17, 15) is 9.59 Å². The van der Waals surface area contributed by atoms with Crippen LogP contribution in [0.2, 0.25) is 0 Å². The Bertz CT molecular complexity index is 792. The molecule has 0 bridgehead atoms. The highest BCUT2D eigenvalue weighted by Gasteiger charge is 2.25. The molecule has 0 saturated heterocycles. The predicted molar refractivity (Wildman–Crippen MR) is 91.2 cm³/mol. The lowest BCUT2D eigenvalue weighted by molar-refractivity contribution is 0.0479. The lowest BCUT2D eigenvalue weighted by Crippen LogP contribution is -2.16. The summed E-state index contributed by atoms with van der Waals surface area (Å²) in [7, 11) is 0. The average molecular weight is 324 g/mol. The second-order valence-electron chi connectivity index (χ2n) is 5.65. The van der Waals surface area contributed by atoms with Crippen molar-refractivity contribution in [3.63, 3.8) is 0 Å². The number of carbonyl (C=O) groups is 2. The molecule has 1 aliphatic carbocycles. The van der Waals surface area contributed by atoms with Crippen LogP contribution in [-0.4, -0.2) is 25.2 Å². The van der Waals surface area contributed by atoms with E-state index in [0.29, 0.717) is 0 Å². The molecule has 4 heteroatoms. The van der Waals surface area contributed by atoms with Crippen LogP contribution in [0.15, 0.2) is 36.4 Å². The van der Waals surface area contributed by atoms with Crippen molar-refractivity contribution in [2.75, 3.05) is 13.2 Å². The number of hydrogen-bond acceptors (Lipinski definition) is 4. The SMILES string of the molecule is CCOC(=O)c1cc2c(cc1C(=O)OCC)-c1ccccc1CC2. The molecule has 0 atom stereocenters. The van der Waals surface area contributed by atoms with Crippen molar-refractivity contribution in [2.24, 2.45) is 0 Å². The molecule has 0 fully saturated rings. The van der Waals surface area contributed by atoms with Gasteiger partial charge in [-0.1, -0.05) is 24.3 Å². The molecule has 2 aromatic rings. The van der Waals surface area contributed by atoms with Crippen molar-refractivity contribution in [1.82, 2.24) is 0 Å². The van der Waals surface area contributed by atoms with Gasteiger partial charge in [-0.2, -0.15) is 0 Å². The number of ether oxygens (including phenoxy) is 2. The third kappa shape index (κ3) is 2.92. The summed E-state index contributed by atoms with van der Waals surface area (Å²) in [5, 5.41) is 0. The smallest absolute Gasteiger partial charge is 0.339 e. The summed E-state index contributed by atoms with van der Waals surface area (Å²) in [4.78, 5) is 24.6. The first-order valence-electron chi connectivity index (χ1n) is 8.25. The van der Waals surface area contributed by atoms with Gasteiger partial charge in [0.25, 0.3) is 0 Å². The van der Waals surface area contributed by atoms with Crippen LogP contribution in [-0.2, 0) is 22.3 Å². The molecule has 0 heterocycles. The van der Waals surface area contributed by atoms with Crippen LogP contribution in [0.25, 0.3) is 11.1 Å². The van der Waals surface area contributed by atoms with Gasteiger partial charge in [0.2, 0.25) is 0 Å². The van der Waals surface area contributed by atoms with Crippen LogP contribution < -0.4 is 0 Å². The summed E-state index contributed by atoms with van der Waals surface area (Å²) < 4.78 is 10.2. The largest absolute Gasteiger partial charge is 0.462 e. The van der Waals surface area contributed by atoms with Crippen LogP contribution in [0, 0.1) is 0 Å². The van der Waals surface area contributed by atoms with E-state index >= 15 is 0 Å². The molecule has 1 aliphatic rings. The Hall–Kier alpha value is -2.62. The van der Waals surface area contributed by atoms with E-state index in [1.807, 2.05) is 18.2 Å². The van der Waals surface area contributed by atoms with E-state index in [0.717, 1.165) is 29.5 Å². The number of carbonyl (C=O) groups excluding carboxylic acids is 2. The molecule has 3 rings (SSSR count). The van der Waals surface area contributed by atoms with E-state index in [-0.39, 0.29) is 24.3 Å². The number of hydrogen-bond donors (Lipinski definition) is 0. The second kappa shape index (κ2) is 6.87. The van der Waals surface area contributed by atoms with E-state index < -0.39 is 11.9 Å². The summed E-state index contributed by atoms with van der Waals surface area (Å²) in [6.07, 6.45) is 1.76. The van der Waals surface area contributed by atoms with Crippen LogP contribution >= 0.6 is 0 Å². The summed E-state index contributed by atoms with van der Waals surface area (Å²) in [5.41, 5.74) is 4.97. The van der Waals surface area contributed by atoms with E-state index in [2.05, 4.69) is 6.07 Å². The Morgan fingerprint density at radius 3 is 2.08 bits per heavy atom. The molecule has 0 amide bonds. The fraction of sp³-hybridized carbons (Fsp3) is 0.300. The highest BCUT2D eigenvalue weighted by atomic mass is 16.5. The maximum atomic E-state index is 12.3. The molecule has 0 aromatic heterocycles. The van der Waals surface area contributed by atoms with Crippen molar-refractivity contribution in [1.29, 1.82) is 0 Å². The van der Waals surface area contributed by atoms with Gasteiger partial charge in [0.1, 0.15) is 0 Å². The maximum Gasteiger partial charge on any atom is 0.339 e. The molecule has 4 nitrogen and oxygen atoms in total. The van der Waals surface area contributed by atoms with Gasteiger partial charge >= 0.3 is 11.9 Å². The first-order chi connectivity index (χ1) is 11.7. The summed E-state index contributed by atoms with van der Waals surface area (Å²) in [6, 6.07) is 11.7. The monoisotopic (exact) mass is 324 g/mol. The molecular weight excluding hydrogens is 304 g/mol. The maximum absolute atomic E-state index is 12.3. The number of fused-ring (bicyclic) bond motifs is 3. The van der Waals surface area contributed by atoms with Crippen molar-refractivity contribution in [3.8, 4) is 11.1 Å². The summed E-state index contributed by atoms with van der Waals surface area (Å²) in [6.45, 7) is 4.02. The van der Waals surface area contributed by atoms with Gasteiger partial charge in [-0.05, 0) is 61.1 Å². The number of rotatable bonds is 4. The van der Waals surface area contributed by atoms with Crippen molar-refractivity contribution < 1.29 is 19.1 Å². The Kier molecular flexibility index (Phi) is 4.65. The standard InChI is InChI=1S/C20H20O4/c1-3-23-19(21)17-11-14-10-9-13-7-5-6-8-15(13)16(14)12-18(17)20(22)24-4-2/h5-8,11-12H,3-4,9-10H2,1-2H3. The average Bonchev–Trinajstić information content (AvgIpc) is 2.61. The molecule has 0 saturated carbocycles. The van der Waals surface area contributed by atoms with Gasteiger partial charge < -0.3 is 9.47 Å². The normalized spacial score (nSPS) is 12.1. The van der Waals surface area contributed by atoms with Crippen LogP contribution in [0.3, 0.4) is 0 Å². The number of aryl methyl sites for hydroxylation is 2. The van der Waals surface area contributed by atoms with E-state index in [1.165, 1.54) is 5.56 Å². The highest BCUT2D eigenvalue weighted by Crippen LogP contribution is 2.35. The molecule has 24 heavy (non-hydrogen) atoms. The molecule has 124 valence electrons.